The highest BCUT2D eigenvalue weighted by Crippen LogP contribution is 2.23. The second-order valence-electron chi connectivity index (χ2n) is 3.92. The van der Waals surface area contributed by atoms with E-state index in [9.17, 15) is 0 Å². The maximum atomic E-state index is 5.38. The predicted octanol–water partition coefficient (Wildman–Crippen LogP) is 1.45. The molecule has 3 rings (SSSR count). The molecule has 4 nitrogen and oxygen atoms in total. The SMILES string of the molecule is C1=C2C(c3cccnc3)=NO[C@@H]2NCCC1. The largest absolute Gasteiger partial charge is 0.371 e. The van der Waals surface area contributed by atoms with Gasteiger partial charge in [-0.05, 0) is 31.5 Å². The molecule has 0 fully saturated rings. The number of fused-ring (bicyclic) bond motifs is 1. The summed E-state index contributed by atoms with van der Waals surface area (Å²) in [6.45, 7) is 0.973. The van der Waals surface area contributed by atoms with Gasteiger partial charge in [-0.3, -0.25) is 10.3 Å². The first-order valence-corrected chi connectivity index (χ1v) is 5.53. The molecule has 2 aliphatic rings. The first kappa shape index (κ1) is 9.54. The van der Waals surface area contributed by atoms with Crippen molar-refractivity contribution < 1.29 is 4.84 Å². The van der Waals surface area contributed by atoms with E-state index in [1.807, 2.05) is 18.3 Å². The summed E-state index contributed by atoms with van der Waals surface area (Å²) in [5.74, 6) is 0. The van der Waals surface area contributed by atoms with Gasteiger partial charge in [-0.2, -0.15) is 0 Å². The third-order valence-electron chi connectivity index (χ3n) is 2.82. The topological polar surface area (TPSA) is 46.5 Å². The van der Waals surface area contributed by atoms with Gasteiger partial charge >= 0.3 is 0 Å². The molecule has 0 amide bonds. The molecular weight excluding hydrogens is 202 g/mol. The average molecular weight is 215 g/mol. The van der Waals surface area contributed by atoms with Crippen molar-refractivity contribution in [1.82, 2.24) is 10.3 Å². The van der Waals surface area contributed by atoms with Crippen molar-refractivity contribution in [2.24, 2.45) is 5.16 Å². The lowest BCUT2D eigenvalue weighted by Crippen LogP contribution is -2.30. The Labute approximate surface area is 94.0 Å². The van der Waals surface area contributed by atoms with E-state index in [1.165, 1.54) is 0 Å². The number of hydrogen-bond donors (Lipinski definition) is 1. The van der Waals surface area contributed by atoms with Gasteiger partial charge in [0.25, 0.3) is 0 Å². The number of oxime groups is 1. The zero-order valence-corrected chi connectivity index (χ0v) is 8.89. The Balaban J connectivity index is 1.95. The normalized spacial score (nSPS) is 23.9. The van der Waals surface area contributed by atoms with Gasteiger partial charge < -0.3 is 4.84 Å². The van der Waals surface area contributed by atoms with Gasteiger partial charge in [0.2, 0.25) is 6.23 Å². The molecule has 1 aromatic heterocycles. The second kappa shape index (κ2) is 4.06. The van der Waals surface area contributed by atoms with Crippen LogP contribution in [0.1, 0.15) is 18.4 Å². The quantitative estimate of drug-likeness (QED) is 0.771. The van der Waals surface area contributed by atoms with Crippen LogP contribution in [0.5, 0.6) is 0 Å². The van der Waals surface area contributed by atoms with Crippen molar-refractivity contribution in [2.45, 2.75) is 19.1 Å². The third-order valence-corrected chi connectivity index (χ3v) is 2.82. The molecule has 0 saturated heterocycles. The minimum absolute atomic E-state index is 0.0716. The molecule has 0 aromatic carbocycles. The Bertz CT molecular complexity index is 439. The zero-order valence-electron chi connectivity index (χ0n) is 8.89. The summed E-state index contributed by atoms with van der Waals surface area (Å²) in [6.07, 6.45) is 7.93. The van der Waals surface area contributed by atoms with Crippen molar-refractivity contribution >= 4 is 5.71 Å². The van der Waals surface area contributed by atoms with E-state index in [0.717, 1.165) is 36.2 Å². The van der Waals surface area contributed by atoms with Crippen molar-refractivity contribution in [3.05, 3.63) is 41.7 Å². The van der Waals surface area contributed by atoms with Crippen LogP contribution in [0.2, 0.25) is 0 Å². The van der Waals surface area contributed by atoms with E-state index in [1.54, 1.807) is 6.20 Å². The molecule has 0 saturated carbocycles. The van der Waals surface area contributed by atoms with E-state index in [2.05, 4.69) is 21.5 Å². The highest BCUT2D eigenvalue weighted by molar-refractivity contribution is 6.13. The van der Waals surface area contributed by atoms with Crippen molar-refractivity contribution in [3.8, 4) is 0 Å². The van der Waals surface area contributed by atoms with Gasteiger partial charge in [0.1, 0.15) is 5.71 Å². The van der Waals surface area contributed by atoms with Crippen LogP contribution in [-0.4, -0.2) is 23.5 Å². The summed E-state index contributed by atoms with van der Waals surface area (Å²) in [7, 11) is 0. The number of rotatable bonds is 1. The van der Waals surface area contributed by atoms with Crippen LogP contribution in [0.15, 0.2) is 41.3 Å². The highest BCUT2D eigenvalue weighted by Gasteiger charge is 2.28. The summed E-state index contributed by atoms with van der Waals surface area (Å²) in [5, 5.41) is 7.46. The van der Waals surface area contributed by atoms with Crippen LogP contribution in [-0.2, 0) is 4.84 Å². The summed E-state index contributed by atoms with van der Waals surface area (Å²) in [6, 6.07) is 3.92. The molecule has 2 aliphatic heterocycles. The van der Waals surface area contributed by atoms with Gasteiger partial charge in [-0.25, -0.2) is 0 Å². The molecular formula is C12H13N3O. The van der Waals surface area contributed by atoms with Gasteiger partial charge in [-0.1, -0.05) is 11.2 Å². The number of allylic oxidation sites excluding steroid dienone is 1. The van der Waals surface area contributed by atoms with E-state index in [0.29, 0.717) is 0 Å². The molecule has 0 aliphatic carbocycles. The molecule has 1 atom stereocenters. The summed E-state index contributed by atoms with van der Waals surface area (Å²) >= 11 is 0. The molecule has 82 valence electrons. The molecule has 0 bridgehead atoms. The van der Waals surface area contributed by atoms with Crippen LogP contribution in [0.25, 0.3) is 0 Å². The fraction of sp³-hybridized carbons (Fsp3) is 0.333. The van der Waals surface area contributed by atoms with Gasteiger partial charge in [0.05, 0.1) is 0 Å². The number of nitrogens with one attached hydrogen (secondary N) is 1. The Hall–Kier alpha value is -1.68. The van der Waals surface area contributed by atoms with E-state index in [-0.39, 0.29) is 6.23 Å². The van der Waals surface area contributed by atoms with E-state index in [4.69, 9.17) is 4.84 Å². The number of hydrogen-bond acceptors (Lipinski definition) is 4. The predicted molar refractivity (Wildman–Crippen MR) is 61.0 cm³/mol. The maximum absolute atomic E-state index is 5.38. The van der Waals surface area contributed by atoms with Crippen molar-refractivity contribution in [2.75, 3.05) is 6.54 Å². The first-order valence-electron chi connectivity index (χ1n) is 5.53. The molecule has 1 aromatic rings. The third kappa shape index (κ3) is 1.61. The maximum Gasteiger partial charge on any atom is 0.206 e. The van der Waals surface area contributed by atoms with Gasteiger partial charge in [0, 0.05) is 23.5 Å². The summed E-state index contributed by atoms with van der Waals surface area (Å²) in [5.41, 5.74) is 3.07. The molecule has 1 N–H and O–H groups in total. The minimum atomic E-state index is -0.0716. The van der Waals surface area contributed by atoms with Crippen LogP contribution in [0.3, 0.4) is 0 Å². The number of pyridine rings is 1. The van der Waals surface area contributed by atoms with E-state index < -0.39 is 0 Å². The summed E-state index contributed by atoms with van der Waals surface area (Å²) < 4.78 is 0. The average Bonchev–Trinajstić information content (AvgIpc) is 2.60. The second-order valence-corrected chi connectivity index (χ2v) is 3.92. The first-order chi connectivity index (χ1) is 7.95. The molecule has 0 unspecified atom stereocenters. The van der Waals surface area contributed by atoms with Crippen molar-refractivity contribution in [1.29, 1.82) is 0 Å². The molecule has 0 radical (unpaired) electrons. The van der Waals surface area contributed by atoms with Crippen LogP contribution in [0.4, 0.5) is 0 Å². The van der Waals surface area contributed by atoms with Crippen LogP contribution < -0.4 is 5.32 Å². The Kier molecular flexibility index (Phi) is 2.42. The Morgan fingerprint density at radius 3 is 3.31 bits per heavy atom. The Morgan fingerprint density at radius 2 is 2.44 bits per heavy atom. The lowest BCUT2D eigenvalue weighted by molar-refractivity contribution is 0.0808. The van der Waals surface area contributed by atoms with Gasteiger partial charge in [-0.15, -0.1) is 0 Å². The highest BCUT2D eigenvalue weighted by atomic mass is 16.7. The molecule has 3 heterocycles. The Morgan fingerprint density at radius 1 is 1.44 bits per heavy atom. The summed E-state index contributed by atoms with van der Waals surface area (Å²) in [4.78, 5) is 9.49. The number of aromatic nitrogens is 1. The monoisotopic (exact) mass is 215 g/mol. The smallest absolute Gasteiger partial charge is 0.206 e. The van der Waals surface area contributed by atoms with Gasteiger partial charge in [0.15, 0.2) is 0 Å². The minimum Gasteiger partial charge on any atom is -0.371 e. The van der Waals surface area contributed by atoms with Crippen molar-refractivity contribution in [3.63, 3.8) is 0 Å². The lowest BCUT2D eigenvalue weighted by atomic mass is 10.0. The fourth-order valence-corrected chi connectivity index (χ4v) is 2.00. The zero-order chi connectivity index (χ0) is 10.8. The van der Waals surface area contributed by atoms with Crippen LogP contribution in [0, 0.1) is 0 Å². The number of nitrogens with zero attached hydrogens (tertiary/aromatic N) is 2. The van der Waals surface area contributed by atoms with E-state index >= 15 is 0 Å². The lowest BCUT2D eigenvalue weighted by Gasteiger charge is -2.09. The molecule has 16 heavy (non-hydrogen) atoms. The fourth-order valence-electron chi connectivity index (χ4n) is 2.00. The molecule has 0 spiro atoms. The standard InChI is InChI=1S/C12H13N3O/c1-2-7-14-12-10(5-1)11(15-16-12)9-4-3-6-13-8-9/h3-6,8,12,14H,1-2,7H2/t12-/m0/s1. The molecule has 4 heteroatoms. The van der Waals surface area contributed by atoms with Crippen LogP contribution >= 0.6 is 0 Å².